The molecule has 0 radical (unpaired) electrons. The van der Waals surface area contributed by atoms with Crippen LogP contribution in [0, 0.1) is 5.82 Å². The summed E-state index contributed by atoms with van der Waals surface area (Å²) in [6.45, 7) is 0.802. The second-order valence-corrected chi connectivity index (χ2v) is 9.72. The van der Waals surface area contributed by atoms with Gasteiger partial charge in [-0.3, -0.25) is 9.11 Å². The molecule has 9 heteroatoms. The van der Waals surface area contributed by atoms with Crippen LogP contribution in [0.2, 0.25) is 5.02 Å². The summed E-state index contributed by atoms with van der Waals surface area (Å²) in [6, 6.07) is 11.7. The molecule has 0 spiro atoms. The Bertz CT molecular complexity index is 767. The van der Waals surface area contributed by atoms with Crippen molar-refractivity contribution in [1.82, 2.24) is 5.32 Å². The highest BCUT2D eigenvalue weighted by molar-refractivity contribution is 8.34. The van der Waals surface area contributed by atoms with Crippen molar-refractivity contribution in [2.75, 3.05) is 17.9 Å². The first-order valence-corrected chi connectivity index (χ1v) is 10.7. The van der Waals surface area contributed by atoms with E-state index in [9.17, 15) is 13.5 Å². The van der Waals surface area contributed by atoms with Gasteiger partial charge in [-0.15, -0.1) is 23.2 Å². The van der Waals surface area contributed by atoms with Gasteiger partial charge in [0.05, 0.1) is 16.4 Å². The number of hydrogen-bond acceptors (Lipinski definition) is 5. The highest BCUT2D eigenvalue weighted by Crippen LogP contribution is 2.65. The van der Waals surface area contributed by atoms with E-state index in [1.807, 2.05) is 31.3 Å². The van der Waals surface area contributed by atoms with Crippen LogP contribution in [0.25, 0.3) is 0 Å². The molecule has 0 saturated carbocycles. The molecule has 0 saturated heterocycles. The summed E-state index contributed by atoms with van der Waals surface area (Å²) in [5.74, 6) is -0.535. The zero-order chi connectivity index (χ0) is 18.0. The van der Waals surface area contributed by atoms with Crippen molar-refractivity contribution in [1.29, 1.82) is 0 Å². The van der Waals surface area contributed by atoms with Crippen molar-refractivity contribution < 1.29 is 13.5 Å². The third-order valence-electron chi connectivity index (χ3n) is 3.97. The fourth-order valence-electron chi connectivity index (χ4n) is 2.76. The average Bonchev–Trinajstić information content (AvgIpc) is 2.58. The summed E-state index contributed by atoms with van der Waals surface area (Å²) in [7, 11) is -1.28. The molecular weight excluding hydrogens is 418 g/mol. The number of hydrogen-bond donors (Lipinski definition) is 3. The van der Waals surface area contributed by atoms with Crippen molar-refractivity contribution >= 4 is 57.9 Å². The van der Waals surface area contributed by atoms with Gasteiger partial charge < -0.3 is 5.32 Å². The number of halogens is 3. The summed E-state index contributed by atoms with van der Waals surface area (Å²) in [5, 5.41) is 3.03. The Labute approximate surface area is 170 Å². The quantitative estimate of drug-likeness (QED) is 0.489. The van der Waals surface area contributed by atoms with E-state index in [1.54, 1.807) is 0 Å². The first-order valence-electron chi connectivity index (χ1n) is 7.88. The molecule has 26 heavy (non-hydrogen) atoms. The predicted molar refractivity (Wildman–Crippen MR) is 113 cm³/mol. The van der Waals surface area contributed by atoms with E-state index in [2.05, 4.69) is 5.32 Å². The van der Waals surface area contributed by atoms with Crippen molar-refractivity contribution in [2.24, 2.45) is 0 Å². The highest BCUT2D eigenvalue weighted by atomic mass is 35.5. The van der Waals surface area contributed by atoms with E-state index >= 15 is 0 Å². The SMILES string of the molecule is CNCCCC1Sc2ccccc2N(c2ccc(F)c(Cl)c2)S1(O)O.Cl. The number of nitrogens with zero attached hydrogens (tertiary/aromatic N) is 1. The number of fused-ring (bicyclic) bond motifs is 1. The lowest BCUT2D eigenvalue weighted by molar-refractivity contribution is 0.477. The third kappa shape index (κ3) is 4.25. The topological polar surface area (TPSA) is 55.7 Å². The number of rotatable bonds is 5. The molecule has 2 aromatic rings. The number of thioether (sulfide) groups is 1. The maximum absolute atomic E-state index is 13.6. The second kappa shape index (κ2) is 9.01. The van der Waals surface area contributed by atoms with Crippen molar-refractivity contribution in [2.45, 2.75) is 22.3 Å². The Balaban J connectivity index is 0.00000243. The van der Waals surface area contributed by atoms with E-state index in [4.69, 9.17) is 11.6 Å². The lowest BCUT2D eigenvalue weighted by atomic mass is 10.2. The molecule has 2 aromatic carbocycles. The smallest absolute Gasteiger partial charge is 0.141 e. The van der Waals surface area contributed by atoms with Crippen molar-refractivity contribution in [3.8, 4) is 0 Å². The summed E-state index contributed by atoms with van der Waals surface area (Å²) >= 11 is 7.40. The zero-order valence-corrected chi connectivity index (χ0v) is 17.3. The summed E-state index contributed by atoms with van der Waals surface area (Å²) in [4.78, 5) is 0.962. The number of para-hydroxylation sites is 1. The van der Waals surface area contributed by atoms with Gasteiger partial charge in [-0.2, -0.15) is 0 Å². The molecule has 1 aliphatic rings. The fraction of sp³-hybridized carbons (Fsp3) is 0.294. The van der Waals surface area contributed by atoms with Crippen LogP contribution in [0.1, 0.15) is 12.8 Å². The lowest BCUT2D eigenvalue weighted by Gasteiger charge is -2.52. The van der Waals surface area contributed by atoms with Gasteiger partial charge in [0.2, 0.25) is 0 Å². The molecule has 144 valence electrons. The van der Waals surface area contributed by atoms with Crippen LogP contribution in [-0.2, 0) is 0 Å². The Morgan fingerprint density at radius 1 is 1.27 bits per heavy atom. The number of nitrogens with one attached hydrogen (secondary N) is 1. The standard InChI is InChI=1S/C17H20ClFN2O2S2.ClH/c1-20-10-4-7-17-24-16-6-3-2-5-15(16)21(25(17,22)23)12-8-9-14(19)13(18)11-12;/h2-3,5-6,8-9,11,17,20,22-23H,4,7,10H2,1H3;1H. The molecule has 4 nitrogen and oxygen atoms in total. The van der Waals surface area contributed by atoms with Crippen LogP contribution < -0.4 is 9.62 Å². The van der Waals surface area contributed by atoms with Crippen LogP contribution in [0.15, 0.2) is 47.4 Å². The third-order valence-corrected chi connectivity index (χ3v) is 8.30. The average molecular weight is 439 g/mol. The monoisotopic (exact) mass is 438 g/mol. The molecule has 3 N–H and O–H groups in total. The van der Waals surface area contributed by atoms with Gasteiger partial charge in [-0.1, -0.05) is 35.5 Å². The minimum atomic E-state index is -3.15. The Morgan fingerprint density at radius 2 is 2.00 bits per heavy atom. The Hall–Kier alpha value is -0.670. The number of benzene rings is 2. The van der Waals surface area contributed by atoms with Gasteiger partial charge in [-0.05, 0) is 56.8 Å². The Kier molecular flexibility index (Phi) is 7.50. The molecule has 0 aromatic heterocycles. The zero-order valence-electron chi connectivity index (χ0n) is 14.1. The van der Waals surface area contributed by atoms with Crippen LogP contribution in [-0.4, -0.2) is 27.3 Å². The summed E-state index contributed by atoms with van der Waals surface area (Å²) in [5.41, 5.74) is 1.16. The van der Waals surface area contributed by atoms with Crippen LogP contribution in [0.5, 0.6) is 0 Å². The van der Waals surface area contributed by atoms with E-state index < -0.39 is 16.6 Å². The van der Waals surface area contributed by atoms with E-state index in [-0.39, 0.29) is 22.0 Å². The largest absolute Gasteiger partial charge is 0.320 e. The van der Waals surface area contributed by atoms with Gasteiger partial charge in [0, 0.05) is 4.90 Å². The molecule has 0 fully saturated rings. The van der Waals surface area contributed by atoms with Crippen molar-refractivity contribution in [3.05, 3.63) is 53.3 Å². The Morgan fingerprint density at radius 3 is 2.69 bits per heavy atom. The first kappa shape index (κ1) is 21.6. The van der Waals surface area contributed by atoms with E-state index in [0.717, 1.165) is 17.9 Å². The van der Waals surface area contributed by atoms with Gasteiger partial charge >= 0.3 is 0 Å². The van der Waals surface area contributed by atoms with E-state index in [1.165, 1.54) is 34.3 Å². The van der Waals surface area contributed by atoms with Gasteiger partial charge in [0.15, 0.2) is 0 Å². The molecule has 0 aliphatic carbocycles. The minimum Gasteiger partial charge on any atom is -0.320 e. The molecule has 1 unspecified atom stereocenters. The van der Waals surface area contributed by atoms with Crippen LogP contribution in [0.4, 0.5) is 15.8 Å². The molecule has 1 aliphatic heterocycles. The molecule has 1 atom stereocenters. The molecular formula is C17H21Cl2FN2O2S2. The number of anilines is 2. The van der Waals surface area contributed by atoms with Gasteiger partial charge in [0.25, 0.3) is 0 Å². The molecule has 0 bridgehead atoms. The maximum atomic E-state index is 13.6. The second-order valence-electron chi connectivity index (χ2n) is 5.71. The van der Waals surface area contributed by atoms with Gasteiger partial charge in [-0.25, -0.2) is 8.70 Å². The summed E-state index contributed by atoms with van der Waals surface area (Å²) in [6.07, 6.45) is 1.47. The van der Waals surface area contributed by atoms with Crippen molar-refractivity contribution in [3.63, 3.8) is 0 Å². The fourth-order valence-corrected chi connectivity index (χ4v) is 6.67. The highest BCUT2D eigenvalue weighted by Gasteiger charge is 2.40. The lowest BCUT2D eigenvalue weighted by Crippen LogP contribution is -2.33. The first-order chi connectivity index (χ1) is 11.9. The van der Waals surface area contributed by atoms with Crippen LogP contribution >= 0.6 is 46.5 Å². The summed E-state index contributed by atoms with van der Waals surface area (Å²) < 4.78 is 36.8. The minimum absolute atomic E-state index is 0. The molecule has 1 heterocycles. The molecule has 3 rings (SSSR count). The van der Waals surface area contributed by atoms with Crippen LogP contribution in [0.3, 0.4) is 0 Å². The predicted octanol–water partition coefficient (Wildman–Crippen LogP) is 6.14. The van der Waals surface area contributed by atoms with Gasteiger partial charge in [0.1, 0.15) is 10.4 Å². The van der Waals surface area contributed by atoms with E-state index in [0.29, 0.717) is 17.8 Å². The molecule has 0 amide bonds. The normalized spacial score (nSPS) is 19.4. The maximum Gasteiger partial charge on any atom is 0.141 e.